The number of amides is 1. The molecule has 1 fully saturated rings. The number of benzene rings is 2. The van der Waals surface area contributed by atoms with E-state index in [1.165, 1.54) is 11.8 Å². The molecule has 0 atom stereocenters. The lowest BCUT2D eigenvalue weighted by molar-refractivity contribution is -0.119. The van der Waals surface area contributed by atoms with Crippen LogP contribution in [0.4, 0.5) is 0 Å². The van der Waals surface area contributed by atoms with E-state index in [1.807, 2.05) is 66.1 Å². The first-order valence-corrected chi connectivity index (χ1v) is 11.6. The zero-order valence-electron chi connectivity index (χ0n) is 18.0. The van der Waals surface area contributed by atoms with Gasteiger partial charge in [-0.1, -0.05) is 48.2 Å². The maximum Gasteiger partial charge on any atom is 0.231 e. The largest absolute Gasteiger partial charge is 0.485 e. The van der Waals surface area contributed by atoms with Crippen LogP contribution in [-0.2, 0) is 11.4 Å². The summed E-state index contributed by atoms with van der Waals surface area (Å²) in [5, 5.41) is 21.7. The summed E-state index contributed by atoms with van der Waals surface area (Å²) in [4.78, 5) is 12.6. The van der Waals surface area contributed by atoms with E-state index in [4.69, 9.17) is 4.74 Å². The number of nitriles is 1. The van der Waals surface area contributed by atoms with Crippen molar-refractivity contribution in [3.05, 3.63) is 66.0 Å². The van der Waals surface area contributed by atoms with Gasteiger partial charge in [0.05, 0.1) is 11.8 Å². The van der Waals surface area contributed by atoms with Crippen molar-refractivity contribution in [2.75, 3.05) is 5.75 Å². The van der Waals surface area contributed by atoms with Crippen molar-refractivity contribution in [3.63, 3.8) is 0 Å². The Morgan fingerprint density at radius 2 is 1.88 bits per heavy atom. The van der Waals surface area contributed by atoms with Crippen LogP contribution in [0.15, 0.2) is 59.8 Å². The highest BCUT2D eigenvalue weighted by atomic mass is 32.2. The van der Waals surface area contributed by atoms with Gasteiger partial charge in [0, 0.05) is 5.69 Å². The second kappa shape index (κ2) is 9.88. The molecule has 8 heteroatoms. The molecule has 1 saturated carbocycles. The van der Waals surface area contributed by atoms with Gasteiger partial charge >= 0.3 is 0 Å². The average molecular weight is 448 g/mol. The van der Waals surface area contributed by atoms with Crippen LogP contribution in [0, 0.1) is 18.3 Å². The van der Waals surface area contributed by atoms with Crippen LogP contribution in [0.1, 0.15) is 37.1 Å². The molecule has 164 valence electrons. The minimum atomic E-state index is -0.725. The Kier molecular flexibility index (Phi) is 6.76. The first-order chi connectivity index (χ1) is 15.6. The smallest absolute Gasteiger partial charge is 0.231 e. The van der Waals surface area contributed by atoms with Gasteiger partial charge in [-0.25, -0.2) is 0 Å². The monoisotopic (exact) mass is 447 g/mol. The molecule has 4 rings (SSSR count). The Morgan fingerprint density at radius 3 is 2.59 bits per heavy atom. The molecule has 1 aliphatic carbocycles. The van der Waals surface area contributed by atoms with Crippen molar-refractivity contribution in [1.82, 2.24) is 20.1 Å². The topological polar surface area (TPSA) is 92.8 Å². The molecule has 3 aromatic rings. The summed E-state index contributed by atoms with van der Waals surface area (Å²) in [5.41, 5.74) is 1.22. The Balaban J connectivity index is 1.50. The van der Waals surface area contributed by atoms with E-state index in [-0.39, 0.29) is 18.3 Å². The molecular formula is C24H25N5O2S. The Morgan fingerprint density at radius 1 is 1.16 bits per heavy atom. The predicted octanol–water partition coefficient (Wildman–Crippen LogP) is 4.20. The van der Waals surface area contributed by atoms with Crippen molar-refractivity contribution in [1.29, 1.82) is 5.26 Å². The molecule has 1 N–H and O–H groups in total. The van der Waals surface area contributed by atoms with E-state index in [0.29, 0.717) is 23.8 Å². The summed E-state index contributed by atoms with van der Waals surface area (Å²) in [6.07, 6.45) is 3.35. The molecule has 0 aliphatic heterocycles. The fourth-order valence-electron chi connectivity index (χ4n) is 3.86. The fourth-order valence-corrected chi connectivity index (χ4v) is 4.63. The van der Waals surface area contributed by atoms with Gasteiger partial charge in [0.25, 0.3) is 0 Å². The van der Waals surface area contributed by atoms with Gasteiger partial charge in [-0.2, -0.15) is 5.26 Å². The average Bonchev–Trinajstić information content (AvgIpc) is 3.45. The first-order valence-electron chi connectivity index (χ1n) is 10.6. The van der Waals surface area contributed by atoms with Crippen LogP contribution < -0.4 is 10.1 Å². The number of ether oxygens (including phenoxy) is 1. The van der Waals surface area contributed by atoms with Crippen molar-refractivity contribution in [3.8, 4) is 17.5 Å². The molecule has 1 aliphatic rings. The zero-order chi connectivity index (χ0) is 22.4. The van der Waals surface area contributed by atoms with E-state index < -0.39 is 5.54 Å². The van der Waals surface area contributed by atoms with Crippen molar-refractivity contribution < 1.29 is 9.53 Å². The second-order valence-corrected chi connectivity index (χ2v) is 8.80. The number of carbonyl (C=O) groups is 1. The number of hydrogen-bond acceptors (Lipinski definition) is 6. The third kappa shape index (κ3) is 4.94. The number of thioether (sulfide) groups is 1. The Labute approximate surface area is 191 Å². The van der Waals surface area contributed by atoms with E-state index >= 15 is 0 Å². The van der Waals surface area contributed by atoms with Crippen molar-refractivity contribution in [2.45, 2.75) is 49.9 Å². The van der Waals surface area contributed by atoms with Gasteiger partial charge in [-0.15, -0.1) is 10.2 Å². The van der Waals surface area contributed by atoms with Gasteiger partial charge in [0.15, 0.2) is 11.0 Å². The van der Waals surface area contributed by atoms with Crippen LogP contribution in [0.25, 0.3) is 5.69 Å². The van der Waals surface area contributed by atoms with Crippen LogP contribution in [0.3, 0.4) is 0 Å². The molecule has 0 radical (unpaired) electrons. The summed E-state index contributed by atoms with van der Waals surface area (Å²) in [6, 6.07) is 19.9. The highest BCUT2D eigenvalue weighted by molar-refractivity contribution is 7.99. The number of aryl methyl sites for hydroxylation is 1. The molecular weight excluding hydrogens is 422 g/mol. The van der Waals surface area contributed by atoms with E-state index in [1.54, 1.807) is 0 Å². The van der Waals surface area contributed by atoms with Gasteiger partial charge in [-0.05, 0) is 56.4 Å². The number of aromatic nitrogens is 3. The molecule has 1 heterocycles. The quantitative estimate of drug-likeness (QED) is 0.520. The third-order valence-electron chi connectivity index (χ3n) is 5.55. The summed E-state index contributed by atoms with van der Waals surface area (Å²) >= 11 is 1.30. The van der Waals surface area contributed by atoms with Crippen molar-refractivity contribution in [2.24, 2.45) is 0 Å². The minimum Gasteiger partial charge on any atom is -0.485 e. The second-order valence-electron chi connectivity index (χ2n) is 7.86. The number of hydrogen-bond donors (Lipinski definition) is 1. The van der Waals surface area contributed by atoms with E-state index in [2.05, 4.69) is 21.6 Å². The molecule has 7 nitrogen and oxygen atoms in total. The number of para-hydroxylation sites is 2. The van der Waals surface area contributed by atoms with Crippen LogP contribution >= 0.6 is 11.8 Å². The third-order valence-corrected chi connectivity index (χ3v) is 6.48. The maximum atomic E-state index is 12.6. The number of nitrogens with one attached hydrogen (secondary N) is 1. The summed E-state index contributed by atoms with van der Waals surface area (Å²) in [7, 11) is 0. The predicted molar refractivity (Wildman–Crippen MR) is 123 cm³/mol. The molecule has 0 unspecified atom stereocenters. The van der Waals surface area contributed by atoms with Crippen molar-refractivity contribution >= 4 is 17.7 Å². The van der Waals surface area contributed by atoms with E-state index in [9.17, 15) is 10.1 Å². The lowest BCUT2D eigenvalue weighted by Gasteiger charge is -2.21. The van der Waals surface area contributed by atoms with Gasteiger partial charge in [-0.3, -0.25) is 9.36 Å². The lowest BCUT2D eigenvalue weighted by Crippen LogP contribution is -2.45. The first kappa shape index (κ1) is 21.9. The van der Waals surface area contributed by atoms with E-state index in [0.717, 1.165) is 29.8 Å². The number of carbonyl (C=O) groups excluding carboxylic acids is 1. The Hall–Kier alpha value is -3.31. The SMILES string of the molecule is Cc1ccccc1OCc1nnc(SCC(=O)NC2(C#N)CCCC2)n1-c1ccccc1. The van der Waals surface area contributed by atoms with Crippen LogP contribution in [-0.4, -0.2) is 32.0 Å². The molecule has 1 amide bonds. The lowest BCUT2D eigenvalue weighted by atomic mass is 10.0. The standard InChI is InChI=1S/C24H25N5O2S/c1-18-9-5-6-12-20(18)31-15-21-27-28-23(29(21)19-10-3-2-4-11-19)32-16-22(30)26-24(17-25)13-7-8-14-24/h2-6,9-12H,7-8,13-16H2,1H3,(H,26,30). The van der Waals surface area contributed by atoms with Crippen LogP contribution in [0.2, 0.25) is 0 Å². The van der Waals surface area contributed by atoms with Gasteiger partial charge < -0.3 is 10.1 Å². The zero-order valence-corrected chi connectivity index (χ0v) is 18.8. The highest BCUT2D eigenvalue weighted by Crippen LogP contribution is 2.29. The number of rotatable bonds is 8. The molecule has 1 aromatic heterocycles. The molecule has 0 spiro atoms. The molecule has 0 saturated heterocycles. The normalized spacial score (nSPS) is 14.6. The van der Waals surface area contributed by atoms with Gasteiger partial charge in [0.1, 0.15) is 17.9 Å². The Bertz CT molecular complexity index is 1120. The molecule has 32 heavy (non-hydrogen) atoms. The minimum absolute atomic E-state index is 0.160. The molecule has 0 bridgehead atoms. The number of nitrogens with zero attached hydrogens (tertiary/aromatic N) is 4. The highest BCUT2D eigenvalue weighted by Gasteiger charge is 2.35. The summed E-state index contributed by atoms with van der Waals surface area (Å²) in [5.74, 6) is 1.43. The molecule has 2 aromatic carbocycles. The summed E-state index contributed by atoms with van der Waals surface area (Å²) in [6.45, 7) is 2.24. The fraction of sp³-hybridized carbons (Fsp3) is 0.333. The van der Waals surface area contributed by atoms with Crippen LogP contribution in [0.5, 0.6) is 5.75 Å². The summed E-state index contributed by atoms with van der Waals surface area (Å²) < 4.78 is 7.90. The van der Waals surface area contributed by atoms with Gasteiger partial charge in [0.2, 0.25) is 5.91 Å². The maximum absolute atomic E-state index is 12.6.